The third kappa shape index (κ3) is 3.84. The lowest BCUT2D eigenvalue weighted by atomic mass is 9.92. The molecular formula is C20H21N3O3. The fourth-order valence-electron chi connectivity index (χ4n) is 3.38. The Labute approximate surface area is 152 Å². The van der Waals surface area contributed by atoms with Crippen molar-refractivity contribution in [1.29, 1.82) is 5.26 Å². The van der Waals surface area contributed by atoms with E-state index in [1.165, 1.54) is 0 Å². The van der Waals surface area contributed by atoms with Gasteiger partial charge in [0.05, 0.1) is 13.2 Å². The summed E-state index contributed by atoms with van der Waals surface area (Å²) in [5, 5.41) is 9.38. The Bertz CT molecular complexity index is 897. The highest BCUT2D eigenvalue weighted by molar-refractivity contribution is 5.71. The van der Waals surface area contributed by atoms with Gasteiger partial charge in [-0.1, -0.05) is 30.3 Å². The van der Waals surface area contributed by atoms with Gasteiger partial charge in [0.2, 0.25) is 0 Å². The second-order valence-corrected chi connectivity index (χ2v) is 6.30. The molecule has 2 aromatic rings. The van der Waals surface area contributed by atoms with Gasteiger partial charge in [0.1, 0.15) is 11.6 Å². The number of hydrogen-bond donors (Lipinski definition) is 1. The van der Waals surface area contributed by atoms with E-state index in [-0.39, 0.29) is 23.6 Å². The summed E-state index contributed by atoms with van der Waals surface area (Å²) in [6.45, 7) is 3.48. The third-order valence-electron chi connectivity index (χ3n) is 4.58. The fraction of sp³-hybridized carbons (Fsp3) is 0.350. The Morgan fingerprint density at radius 3 is 2.77 bits per heavy atom. The van der Waals surface area contributed by atoms with E-state index in [0.29, 0.717) is 32.5 Å². The van der Waals surface area contributed by atoms with Crippen LogP contribution in [0.4, 0.5) is 0 Å². The van der Waals surface area contributed by atoms with Crippen LogP contribution < -0.4 is 5.56 Å². The van der Waals surface area contributed by atoms with Gasteiger partial charge in [0, 0.05) is 25.2 Å². The molecule has 0 amide bonds. The van der Waals surface area contributed by atoms with Crippen molar-refractivity contribution in [2.75, 3.05) is 19.7 Å². The van der Waals surface area contributed by atoms with Crippen LogP contribution in [-0.4, -0.2) is 35.5 Å². The van der Waals surface area contributed by atoms with Crippen LogP contribution in [0.5, 0.6) is 0 Å². The molecule has 1 aromatic heterocycles. The summed E-state index contributed by atoms with van der Waals surface area (Å²) in [5.74, 6) is -0.259. The molecule has 6 heteroatoms. The zero-order valence-corrected chi connectivity index (χ0v) is 14.7. The number of fused-ring (bicyclic) bond motifs is 1. The molecule has 1 aliphatic rings. The van der Waals surface area contributed by atoms with Crippen molar-refractivity contribution in [1.82, 2.24) is 9.88 Å². The molecule has 0 aliphatic carbocycles. The number of nitriles is 1. The number of benzene rings is 1. The molecule has 1 N–H and O–H groups in total. The number of aromatic nitrogens is 1. The van der Waals surface area contributed by atoms with Crippen molar-refractivity contribution >= 4 is 5.97 Å². The normalized spacial score (nSPS) is 13.7. The summed E-state index contributed by atoms with van der Waals surface area (Å²) in [7, 11) is 0. The number of pyridine rings is 1. The predicted molar refractivity (Wildman–Crippen MR) is 96.6 cm³/mol. The molecule has 0 saturated heterocycles. The topological polar surface area (TPSA) is 86.2 Å². The first-order valence-electron chi connectivity index (χ1n) is 8.71. The molecule has 6 nitrogen and oxygen atoms in total. The van der Waals surface area contributed by atoms with Crippen molar-refractivity contribution in [3.8, 4) is 6.07 Å². The summed E-state index contributed by atoms with van der Waals surface area (Å²) in [6.07, 6.45) is 1.15. The van der Waals surface area contributed by atoms with Crippen molar-refractivity contribution in [3.05, 3.63) is 68.6 Å². The maximum Gasteiger partial charge on any atom is 0.320 e. The lowest BCUT2D eigenvalue weighted by molar-refractivity contribution is -0.144. The Morgan fingerprint density at radius 1 is 1.31 bits per heavy atom. The minimum atomic E-state index is -0.337. The molecule has 1 aromatic carbocycles. The molecule has 134 valence electrons. The number of nitrogens with one attached hydrogen (secondary N) is 1. The van der Waals surface area contributed by atoms with E-state index in [9.17, 15) is 14.9 Å². The number of hydrogen-bond acceptors (Lipinski definition) is 5. The second-order valence-electron chi connectivity index (χ2n) is 6.30. The summed E-state index contributed by atoms with van der Waals surface area (Å²) < 4.78 is 5.03. The third-order valence-corrected chi connectivity index (χ3v) is 4.58. The molecule has 0 bridgehead atoms. The Hall–Kier alpha value is -2.91. The SMILES string of the molecule is CCOC(=O)CN1CCc2c(c(Cc3ccccc3)[nH]c(=O)c2C#N)C1. The van der Waals surface area contributed by atoms with Gasteiger partial charge >= 0.3 is 5.97 Å². The fourth-order valence-corrected chi connectivity index (χ4v) is 3.38. The summed E-state index contributed by atoms with van der Waals surface area (Å²) in [6, 6.07) is 11.9. The molecule has 0 saturated carbocycles. The smallest absolute Gasteiger partial charge is 0.320 e. The molecule has 3 rings (SSSR count). The van der Waals surface area contributed by atoms with Crippen LogP contribution in [0.15, 0.2) is 35.1 Å². The predicted octanol–water partition coefficient (Wildman–Crippen LogP) is 1.76. The van der Waals surface area contributed by atoms with Crippen molar-refractivity contribution in [2.45, 2.75) is 26.3 Å². The second kappa shape index (κ2) is 7.98. The number of carbonyl (C=O) groups excluding carboxylic acids is 1. The van der Waals surface area contributed by atoms with Crippen molar-refractivity contribution in [2.24, 2.45) is 0 Å². The van der Waals surface area contributed by atoms with Crippen LogP contribution in [0.1, 0.15) is 34.9 Å². The first kappa shape index (κ1) is 17.9. The average molecular weight is 351 g/mol. The van der Waals surface area contributed by atoms with E-state index in [1.807, 2.05) is 41.3 Å². The molecule has 0 spiro atoms. The summed E-state index contributed by atoms with van der Waals surface area (Å²) in [4.78, 5) is 29.0. The van der Waals surface area contributed by atoms with Crippen molar-refractivity contribution in [3.63, 3.8) is 0 Å². The average Bonchev–Trinajstić information content (AvgIpc) is 2.63. The van der Waals surface area contributed by atoms with Gasteiger partial charge in [-0.25, -0.2) is 0 Å². The maximum atomic E-state index is 12.3. The zero-order valence-electron chi connectivity index (χ0n) is 14.7. The van der Waals surface area contributed by atoms with Gasteiger partial charge in [0.15, 0.2) is 0 Å². The van der Waals surface area contributed by atoms with Gasteiger partial charge in [-0.3, -0.25) is 14.5 Å². The van der Waals surface area contributed by atoms with E-state index in [1.54, 1.807) is 6.92 Å². The van der Waals surface area contributed by atoms with Gasteiger partial charge in [0.25, 0.3) is 5.56 Å². The van der Waals surface area contributed by atoms with Crippen LogP contribution in [0, 0.1) is 11.3 Å². The Balaban J connectivity index is 1.94. The number of H-pyrrole nitrogens is 1. The van der Waals surface area contributed by atoms with Crippen LogP contribution in [0.25, 0.3) is 0 Å². The number of rotatable bonds is 5. The zero-order chi connectivity index (χ0) is 18.5. The maximum absolute atomic E-state index is 12.3. The molecule has 0 unspecified atom stereocenters. The lowest BCUT2D eigenvalue weighted by Crippen LogP contribution is -2.38. The van der Waals surface area contributed by atoms with E-state index in [0.717, 1.165) is 22.4 Å². The van der Waals surface area contributed by atoms with Gasteiger partial charge in [-0.05, 0) is 30.0 Å². The number of aromatic amines is 1. The molecule has 0 atom stereocenters. The number of carbonyl (C=O) groups is 1. The highest BCUT2D eigenvalue weighted by Gasteiger charge is 2.25. The summed E-state index contributed by atoms with van der Waals surface area (Å²) >= 11 is 0. The van der Waals surface area contributed by atoms with Crippen molar-refractivity contribution < 1.29 is 9.53 Å². The van der Waals surface area contributed by atoms with Crippen LogP contribution in [0.3, 0.4) is 0 Å². The summed E-state index contributed by atoms with van der Waals surface area (Å²) in [5.41, 5.74) is 3.49. The largest absolute Gasteiger partial charge is 0.465 e. The van der Waals surface area contributed by atoms with Gasteiger partial charge in [-0.2, -0.15) is 5.26 Å². The van der Waals surface area contributed by atoms with E-state index < -0.39 is 0 Å². The number of ether oxygens (including phenoxy) is 1. The molecule has 1 aliphatic heterocycles. The van der Waals surface area contributed by atoms with Crippen LogP contribution in [-0.2, 0) is 28.9 Å². The molecule has 2 heterocycles. The molecule has 26 heavy (non-hydrogen) atoms. The van der Waals surface area contributed by atoms with Gasteiger partial charge in [-0.15, -0.1) is 0 Å². The molecular weight excluding hydrogens is 330 g/mol. The van der Waals surface area contributed by atoms with E-state index >= 15 is 0 Å². The minimum Gasteiger partial charge on any atom is -0.465 e. The quantitative estimate of drug-likeness (QED) is 0.830. The standard InChI is InChI=1S/C20H21N3O3/c1-2-26-19(24)13-23-9-8-15-16(11-21)20(25)22-18(17(15)12-23)10-14-6-4-3-5-7-14/h3-7H,2,8-10,12-13H2,1H3,(H,22,25). The van der Waals surface area contributed by atoms with Crippen LogP contribution in [0.2, 0.25) is 0 Å². The minimum absolute atomic E-state index is 0.188. The first-order valence-corrected chi connectivity index (χ1v) is 8.71. The monoisotopic (exact) mass is 351 g/mol. The Kier molecular flexibility index (Phi) is 5.49. The Morgan fingerprint density at radius 2 is 2.08 bits per heavy atom. The lowest BCUT2D eigenvalue weighted by Gasteiger charge is -2.29. The highest BCUT2D eigenvalue weighted by atomic mass is 16.5. The van der Waals surface area contributed by atoms with E-state index in [2.05, 4.69) is 4.98 Å². The first-order chi connectivity index (χ1) is 12.6. The molecule has 0 fully saturated rings. The highest BCUT2D eigenvalue weighted by Crippen LogP contribution is 2.24. The number of esters is 1. The molecule has 0 radical (unpaired) electrons. The number of nitrogens with zero attached hydrogens (tertiary/aromatic N) is 2. The van der Waals surface area contributed by atoms with E-state index in [4.69, 9.17) is 4.74 Å². The van der Waals surface area contributed by atoms with Crippen LogP contribution >= 0.6 is 0 Å². The van der Waals surface area contributed by atoms with Gasteiger partial charge < -0.3 is 9.72 Å².